The molecule has 0 atom stereocenters. The van der Waals surface area contributed by atoms with Gasteiger partial charge in [-0.2, -0.15) is 0 Å². The molecular weight excluding hydrogens is 252 g/mol. The summed E-state index contributed by atoms with van der Waals surface area (Å²) in [7, 11) is 0. The molecule has 1 amide bonds. The van der Waals surface area contributed by atoms with Crippen LogP contribution in [-0.4, -0.2) is 42.0 Å². The van der Waals surface area contributed by atoms with Gasteiger partial charge in [0.05, 0.1) is 0 Å². The molecule has 0 saturated carbocycles. The molecule has 2 heterocycles. The molecule has 1 aromatic heterocycles. The Balaban J connectivity index is 1.85. The first-order valence-electron chi connectivity index (χ1n) is 6.80. The number of benzene rings is 1. The van der Waals surface area contributed by atoms with E-state index in [0.29, 0.717) is 5.82 Å². The highest BCUT2D eigenvalue weighted by Gasteiger charge is 2.19. The number of rotatable bonds is 1. The zero-order chi connectivity index (χ0) is 14.1. The molecule has 0 unspecified atom stereocenters. The standard InChI is InChI=1S/C15H18N4O/c1-11(20)18-6-8-19(9-7-18)13-3-2-12-4-5-17-15(16)14(12)10-13/h2-5,10H,6-9H2,1H3,(H2,16,17). The minimum absolute atomic E-state index is 0.150. The lowest BCUT2D eigenvalue weighted by Gasteiger charge is -2.35. The first-order valence-corrected chi connectivity index (χ1v) is 6.80. The van der Waals surface area contributed by atoms with Crippen LogP contribution in [0.2, 0.25) is 0 Å². The van der Waals surface area contributed by atoms with Crippen LogP contribution >= 0.6 is 0 Å². The summed E-state index contributed by atoms with van der Waals surface area (Å²) in [4.78, 5) is 19.6. The predicted octanol–water partition coefficient (Wildman–Crippen LogP) is 1.49. The summed E-state index contributed by atoms with van der Waals surface area (Å²) in [6.07, 6.45) is 1.73. The van der Waals surface area contributed by atoms with Gasteiger partial charge in [0, 0.05) is 50.4 Å². The van der Waals surface area contributed by atoms with Gasteiger partial charge in [0.2, 0.25) is 5.91 Å². The second kappa shape index (κ2) is 5.00. The Hall–Kier alpha value is -2.30. The SMILES string of the molecule is CC(=O)N1CCN(c2ccc3ccnc(N)c3c2)CC1. The fraction of sp³-hybridized carbons (Fsp3) is 0.333. The van der Waals surface area contributed by atoms with Crippen LogP contribution in [0.5, 0.6) is 0 Å². The van der Waals surface area contributed by atoms with Gasteiger partial charge in [0.1, 0.15) is 5.82 Å². The molecule has 5 heteroatoms. The summed E-state index contributed by atoms with van der Waals surface area (Å²) in [6.45, 7) is 4.88. The Morgan fingerprint density at radius 1 is 1.20 bits per heavy atom. The van der Waals surface area contributed by atoms with Gasteiger partial charge in [-0.05, 0) is 23.6 Å². The average molecular weight is 270 g/mol. The van der Waals surface area contributed by atoms with Crippen molar-refractivity contribution < 1.29 is 4.79 Å². The van der Waals surface area contributed by atoms with Crippen LogP contribution in [0.1, 0.15) is 6.92 Å². The number of amides is 1. The summed E-state index contributed by atoms with van der Waals surface area (Å²) in [6, 6.07) is 8.22. The number of fused-ring (bicyclic) bond motifs is 1. The number of nitrogens with two attached hydrogens (primary N) is 1. The van der Waals surface area contributed by atoms with Crippen molar-refractivity contribution in [3.63, 3.8) is 0 Å². The third-order valence-corrected chi connectivity index (χ3v) is 3.87. The zero-order valence-corrected chi connectivity index (χ0v) is 11.5. The Bertz CT molecular complexity index is 647. The summed E-state index contributed by atoms with van der Waals surface area (Å²) in [5, 5.41) is 2.09. The number of hydrogen-bond donors (Lipinski definition) is 1. The molecule has 0 bridgehead atoms. The molecule has 1 aromatic carbocycles. The van der Waals surface area contributed by atoms with E-state index < -0.39 is 0 Å². The molecule has 3 rings (SSSR count). The Kier molecular flexibility index (Phi) is 3.18. The third kappa shape index (κ3) is 2.27. The number of anilines is 2. The maximum absolute atomic E-state index is 11.3. The van der Waals surface area contributed by atoms with Gasteiger partial charge in [-0.25, -0.2) is 4.98 Å². The van der Waals surface area contributed by atoms with Gasteiger partial charge < -0.3 is 15.5 Å². The third-order valence-electron chi connectivity index (χ3n) is 3.87. The van der Waals surface area contributed by atoms with Crippen molar-refractivity contribution >= 4 is 28.2 Å². The van der Waals surface area contributed by atoms with Crippen LogP contribution in [0.4, 0.5) is 11.5 Å². The molecule has 2 N–H and O–H groups in total. The molecule has 0 spiro atoms. The van der Waals surface area contributed by atoms with E-state index in [9.17, 15) is 4.79 Å². The van der Waals surface area contributed by atoms with Crippen molar-refractivity contribution in [2.45, 2.75) is 6.92 Å². The van der Waals surface area contributed by atoms with E-state index in [1.807, 2.05) is 11.0 Å². The van der Waals surface area contributed by atoms with E-state index in [1.54, 1.807) is 13.1 Å². The number of nitrogen functional groups attached to an aromatic ring is 1. The second-order valence-electron chi connectivity index (χ2n) is 5.09. The van der Waals surface area contributed by atoms with Gasteiger partial charge >= 0.3 is 0 Å². The van der Waals surface area contributed by atoms with Crippen LogP contribution in [0.15, 0.2) is 30.5 Å². The van der Waals surface area contributed by atoms with Crippen molar-refractivity contribution in [2.24, 2.45) is 0 Å². The molecule has 0 radical (unpaired) electrons. The number of aromatic nitrogens is 1. The van der Waals surface area contributed by atoms with Crippen LogP contribution in [0.3, 0.4) is 0 Å². The van der Waals surface area contributed by atoms with Gasteiger partial charge in [-0.15, -0.1) is 0 Å². The number of hydrogen-bond acceptors (Lipinski definition) is 4. The van der Waals surface area contributed by atoms with Crippen LogP contribution < -0.4 is 10.6 Å². The van der Waals surface area contributed by atoms with E-state index in [2.05, 4.69) is 28.1 Å². The maximum atomic E-state index is 11.3. The molecule has 20 heavy (non-hydrogen) atoms. The van der Waals surface area contributed by atoms with E-state index >= 15 is 0 Å². The lowest BCUT2D eigenvalue weighted by molar-refractivity contribution is -0.129. The summed E-state index contributed by atoms with van der Waals surface area (Å²) in [5.74, 6) is 0.711. The quantitative estimate of drug-likeness (QED) is 0.852. The van der Waals surface area contributed by atoms with E-state index in [4.69, 9.17) is 5.73 Å². The lowest BCUT2D eigenvalue weighted by atomic mass is 10.1. The Morgan fingerprint density at radius 3 is 2.65 bits per heavy atom. The highest BCUT2D eigenvalue weighted by atomic mass is 16.2. The number of nitrogens with zero attached hydrogens (tertiary/aromatic N) is 3. The summed E-state index contributed by atoms with van der Waals surface area (Å²) in [5.41, 5.74) is 7.07. The van der Waals surface area contributed by atoms with E-state index in [1.165, 1.54) is 0 Å². The predicted molar refractivity (Wildman–Crippen MR) is 80.6 cm³/mol. The molecule has 5 nitrogen and oxygen atoms in total. The summed E-state index contributed by atoms with van der Waals surface area (Å²) < 4.78 is 0. The zero-order valence-electron chi connectivity index (χ0n) is 11.5. The first-order chi connectivity index (χ1) is 9.65. The van der Waals surface area contributed by atoms with Crippen molar-refractivity contribution in [2.75, 3.05) is 36.8 Å². The maximum Gasteiger partial charge on any atom is 0.219 e. The fourth-order valence-corrected chi connectivity index (χ4v) is 2.66. The molecule has 104 valence electrons. The number of pyridine rings is 1. The van der Waals surface area contributed by atoms with Crippen molar-refractivity contribution in [3.05, 3.63) is 30.5 Å². The first kappa shape index (κ1) is 12.7. The topological polar surface area (TPSA) is 62.5 Å². The molecule has 1 aliphatic rings. The van der Waals surface area contributed by atoms with Gasteiger partial charge in [-0.1, -0.05) is 6.07 Å². The van der Waals surface area contributed by atoms with Gasteiger partial charge in [0.25, 0.3) is 0 Å². The average Bonchev–Trinajstić information content (AvgIpc) is 2.47. The Morgan fingerprint density at radius 2 is 1.95 bits per heavy atom. The molecule has 1 saturated heterocycles. The summed E-state index contributed by atoms with van der Waals surface area (Å²) >= 11 is 0. The number of piperazine rings is 1. The fourth-order valence-electron chi connectivity index (χ4n) is 2.66. The lowest BCUT2D eigenvalue weighted by Crippen LogP contribution is -2.48. The smallest absolute Gasteiger partial charge is 0.219 e. The normalized spacial score (nSPS) is 15.7. The van der Waals surface area contributed by atoms with E-state index in [0.717, 1.165) is 42.6 Å². The monoisotopic (exact) mass is 270 g/mol. The second-order valence-corrected chi connectivity index (χ2v) is 5.09. The van der Waals surface area contributed by atoms with Crippen LogP contribution in [0.25, 0.3) is 10.8 Å². The van der Waals surface area contributed by atoms with Crippen LogP contribution in [-0.2, 0) is 4.79 Å². The minimum atomic E-state index is 0.150. The largest absolute Gasteiger partial charge is 0.383 e. The number of carbonyl (C=O) groups excluding carboxylic acids is 1. The van der Waals surface area contributed by atoms with Crippen molar-refractivity contribution in [1.29, 1.82) is 0 Å². The van der Waals surface area contributed by atoms with Gasteiger partial charge in [-0.3, -0.25) is 4.79 Å². The molecule has 1 fully saturated rings. The van der Waals surface area contributed by atoms with Crippen LogP contribution in [0, 0.1) is 0 Å². The highest BCUT2D eigenvalue weighted by molar-refractivity contribution is 5.93. The molecule has 1 aliphatic heterocycles. The van der Waals surface area contributed by atoms with Crippen molar-refractivity contribution in [3.8, 4) is 0 Å². The van der Waals surface area contributed by atoms with Crippen molar-refractivity contribution in [1.82, 2.24) is 9.88 Å². The highest BCUT2D eigenvalue weighted by Crippen LogP contribution is 2.25. The molecule has 2 aromatic rings. The Labute approximate surface area is 118 Å². The molecular formula is C15H18N4O. The number of carbonyl (C=O) groups is 1. The molecule has 0 aliphatic carbocycles. The van der Waals surface area contributed by atoms with Gasteiger partial charge in [0.15, 0.2) is 0 Å². The van der Waals surface area contributed by atoms with E-state index in [-0.39, 0.29) is 5.91 Å². The minimum Gasteiger partial charge on any atom is -0.383 e.